The fourth-order valence-electron chi connectivity index (χ4n) is 3.43. The highest BCUT2D eigenvalue weighted by atomic mass is 19.2. The molecule has 0 spiro atoms. The van der Waals surface area contributed by atoms with Crippen LogP contribution < -0.4 is 4.90 Å². The highest BCUT2D eigenvalue weighted by molar-refractivity contribution is 5.88. The lowest BCUT2D eigenvalue weighted by molar-refractivity contribution is 0.0516. The molecule has 4 rings (SSSR count). The average Bonchev–Trinajstić information content (AvgIpc) is 3.27. The number of rotatable bonds is 4. The number of alkyl halides is 1. The molecule has 0 aliphatic carbocycles. The molecular weight excluding hydrogens is 373 g/mol. The van der Waals surface area contributed by atoms with Crippen molar-refractivity contribution in [2.45, 2.75) is 25.6 Å². The SMILES string of the molecule is CCOC(=O)c1cnc2ccc(N3CC(F)CC3c3ccc(F)c(F)c3)nn12. The van der Waals surface area contributed by atoms with Gasteiger partial charge >= 0.3 is 5.97 Å². The smallest absolute Gasteiger partial charge is 0.358 e. The Morgan fingerprint density at radius 3 is 2.82 bits per heavy atom. The zero-order valence-corrected chi connectivity index (χ0v) is 15.0. The molecule has 3 aromatic rings. The lowest BCUT2D eigenvalue weighted by Gasteiger charge is -2.25. The predicted octanol–water partition coefficient (Wildman–Crippen LogP) is 3.47. The number of imidazole rings is 1. The van der Waals surface area contributed by atoms with Gasteiger partial charge in [-0.05, 0) is 36.8 Å². The number of hydrogen-bond donors (Lipinski definition) is 0. The van der Waals surface area contributed by atoms with E-state index in [-0.39, 0.29) is 25.3 Å². The Morgan fingerprint density at radius 2 is 2.07 bits per heavy atom. The van der Waals surface area contributed by atoms with Crippen molar-refractivity contribution >= 4 is 17.4 Å². The van der Waals surface area contributed by atoms with Gasteiger partial charge in [0.1, 0.15) is 12.0 Å². The van der Waals surface area contributed by atoms with E-state index < -0.39 is 29.8 Å². The first kappa shape index (κ1) is 18.3. The third kappa shape index (κ3) is 3.17. The van der Waals surface area contributed by atoms with Crippen LogP contribution in [0.4, 0.5) is 19.0 Å². The number of carbonyl (C=O) groups excluding carboxylic acids is 1. The van der Waals surface area contributed by atoms with E-state index in [1.807, 2.05) is 0 Å². The van der Waals surface area contributed by atoms with Crippen LogP contribution in [0.5, 0.6) is 0 Å². The van der Waals surface area contributed by atoms with E-state index in [0.29, 0.717) is 17.0 Å². The highest BCUT2D eigenvalue weighted by Gasteiger charge is 2.35. The van der Waals surface area contributed by atoms with Gasteiger partial charge in [-0.15, -0.1) is 5.10 Å². The van der Waals surface area contributed by atoms with Crippen LogP contribution >= 0.6 is 0 Å². The summed E-state index contributed by atoms with van der Waals surface area (Å²) >= 11 is 0. The maximum atomic E-state index is 14.2. The summed E-state index contributed by atoms with van der Waals surface area (Å²) in [7, 11) is 0. The summed E-state index contributed by atoms with van der Waals surface area (Å²) in [4.78, 5) is 17.9. The zero-order chi connectivity index (χ0) is 19.8. The van der Waals surface area contributed by atoms with Crippen LogP contribution in [0.3, 0.4) is 0 Å². The summed E-state index contributed by atoms with van der Waals surface area (Å²) < 4.78 is 47.5. The predicted molar refractivity (Wildman–Crippen MR) is 94.9 cm³/mol. The van der Waals surface area contributed by atoms with Crippen LogP contribution in [0.1, 0.15) is 35.4 Å². The van der Waals surface area contributed by atoms with Crippen molar-refractivity contribution < 1.29 is 22.7 Å². The maximum Gasteiger partial charge on any atom is 0.358 e. The van der Waals surface area contributed by atoms with E-state index in [9.17, 15) is 18.0 Å². The first-order valence-corrected chi connectivity index (χ1v) is 8.85. The zero-order valence-electron chi connectivity index (χ0n) is 15.0. The standard InChI is InChI=1S/C19H17F3N4O2/c1-2-28-19(27)16-9-23-17-5-6-18(24-26(16)17)25-10-12(20)8-15(25)11-3-4-13(21)14(22)7-11/h3-7,9,12,15H,2,8,10H2,1H3. The van der Waals surface area contributed by atoms with Crippen molar-refractivity contribution in [2.24, 2.45) is 0 Å². The van der Waals surface area contributed by atoms with E-state index in [0.717, 1.165) is 12.1 Å². The van der Waals surface area contributed by atoms with Crippen molar-refractivity contribution in [3.05, 3.63) is 59.4 Å². The third-order valence-electron chi connectivity index (χ3n) is 4.71. The van der Waals surface area contributed by atoms with Crippen LogP contribution in [0, 0.1) is 11.6 Å². The molecule has 0 bridgehead atoms. The second-order valence-corrected chi connectivity index (χ2v) is 6.50. The van der Waals surface area contributed by atoms with Crippen LogP contribution in [-0.2, 0) is 4.74 Å². The second kappa shape index (κ2) is 7.14. The molecule has 6 nitrogen and oxygen atoms in total. The molecule has 0 N–H and O–H groups in total. The lowest BCUT2D eigenvalue weighted by Crippen LogP contribution is -2.25. The summed E-state index contributed by atoms with van der Waals surface area (Å²) in [5, 5.41) is 4.42. The minimum Gasteiger partial charge on any atom is -0.461 e. The number of fused-ring (bicyclic) bond motifs is 1. The van der Waals surface area contributed by atoms with Crippen LogP contribution in [-0.4, -0.2) is 39.9 Å². The van der Waals surface area contributed by atoms with Crippen molar-refractivity contribution in [3.8, 4) is 0 Å². The fraction of sp³-hybridized carbons (Fsp3) is 0.316. The van der Waals surface area contributed by atoms with Gasteiger partial charge in [-0.1, -0.05) is 6.07 Å². The minimum atomic E-state index is -1.15. The maximum absolute atomic E-state index is 14.2. The quantitative estimate of drug-likeness (QED) is 0.639. The molecule has 2 aromatic heterocycles. The van der Waals surface area contributed by atoms with E-state index in [1.54, 1.807) is 24.0 Å². The molecule has 1 saturated heterocycles. The van der Waals surface area contributed by atoms with Crippen LogP contribution in [0.2, 0.25) is 0 Å². The monoisotopic (exact) mass is 390 g/mol. The Morgan fingerprint density at radius 1 is 1.25 bits per heavy atom. The van der Waals surface area contributed by atoms with Crippen LogP contribution in [0.25, 0.3) is 5.65 Å². The number of hydrogen-bond acceptors (Lipinski definition) is 5. The molecule has 2 atom stereocenters. The Kier molecular flexibility index (Phi) is 4.66. The summed E-state index contributed by atoms with van der Waals surface area (Å²) in [6, 6.07) is 6.34. The molecular formula is C19H17F3N4O2. The molecule has 2 unspecified atom stereocenters. The van der Waals surface area contributed by atoms with Gasteiger partial charge in [0, 0.05) is 6.42 Å². The van der Waals surface area contributed by atoms with E-state index in [2.05, 4.69) is 10.1 Å². The molecule has 1 fully saturated rings. The summed E-state index contributed by atoms with van der Waals surface area (Å²) in [5.74, 6) is -2.11. The molecule has 28 heavy (non-hydrogen) atoms. The van der Waals surface area contributed by atoms with Crippen molar-refractivity contribution in [1.29, 1.82) is 0 Å². The number of nitrogens with zero attached hydrogens (tertiary/aromatic N) is 4. The molecule has 0 amide bonds. The molecule has 1 aliphatic heterocycles. The number of carbonyl (C=O) groups is 1. The molecule has 146 valence electrons. The topological polar surface area (TPSA) is 59.7 Å². The van der Waals surface area contributed by atoms with Crippen LogP contribution in [0.15, 0.2) is 36.5 Å². The van der Waals surface area contributed by atoms with E-state index in [1.165, 1.54) is 16.8 Å². The first-order valence-electron chi connectivity index (χ1n) is 8.85. The lowest BCUT2D eigenvalue weighted by atomic mass is 10.0. The van der Waals surface area contributed by atoms with E-state index in [4.69, 9.17) is 4.74 Å². The molecule has 0 radical (unpaired) electrons. The minimum absolute atomic E-state index is 0.0472. The third-order valence-corrected chi connectivity index (χ3v) is 4.71. The molecule has 1 aliphatic rings. The first-order chi connectivity index (χ1) is 13.5. The van der Waals surface area contributed by atoms with Crippen molar-refractivity contribution in [1.82, 2.24) is 14.6 Å². The summed E-state index contributed by atoms with van der Waals surface area (Å²) in [6.07, 6.45) is 0.334. The van der Waals surface area contributed by atoms with Gasteiger partial charge in [-0.2, -0.15) is 0 Å². The van der Waals surface area contributed by atoms with Gasteiger partial charge in [0.2, 0.25) is 0 Å². The number of aromatic nitrogens is 3. The van der Waals surface area contributed by atoms with Crippen molar-refractivity contribution in [3.63, 3.8) is 0 Å². The largest absolute Gasteiger partial charge is 0.461 e. The molecule has 0 saturated carbocycles. The fourth-order valence-corrected chi connectivity index (χ4v) is 3.43. The molecule has 1 aromatic carbocycles. The Balaban J connectivity index is 1.73. The second-order valence-electron chi connectivity index (χ2n) is 6.50. The molecule has 3 heterocycles. The van der Waals surface area contributed by atoms with Gasteiger partial charge in [0.25, 0.3) is 0 Å². The summed E-state index contributed by atoms with van der Waals surface area (Å²) in [5.41, 5.74) is 1.04. The van der Waals surface area contributed by atoms with Gasteiger partial charge < -0.3 is 9.64 Å². The van der Waals surface area contributed by atoms with Gasteiger partial charge in [0.15, 0.2) is 23.0 Å². The van der Waals surface area contributed by atoms with Gasteiger partial charge in [0.05, 0.1) is 25.4 Å². The number of esters is 1. The Hall–Kier alpha value is -3.10. The highest BCUT2D eigenvalue weighted by Crippen LogP contribution is 2.37. The van der Waals surface area contributed by atoms with Crippen molar-refractivity contribution in [2.75, 3.05) is 18.1 Å². The van der Waals surface area contributed by atoms with Gasteiger partial charge in [-0.25, -0.2) is 27.5 Å². The number of halogens is 3. The number of benzene rings is 1. The average molecular weight is 390 g/mol. The molecule has 9 heteroatoms. The number of ether oxygens (including phenoxy) is 1. The van der Waals surface area contributed by atoms with E-state index >= 15 is 0 Å². The normalized spacial score (nSPS) is 19.4. The summed E-state index contributed by atoms with van der Waals surface area (Å²) in [6.45, 7) is 1.95. The van der Waals surface area contributed by atoms with Gasteiger partial charge in [-0.3, -0.25) is 0 Å². The number of anilines is 1. The Bertz CT molecular complexity index is 1040. The Labute approximate surface area is 158 Å².